The second-order valence-electron chi connectivity index (χ2n) is 4.48. The predicted octanol–water partition coefficient (Wildman–Crippen LogP) is 2.68. The van der Waals surface area contributed by atoms with Crippen LogP contribution < -0.4 is 0 Å². The molecule has 1 fully saturated rings. The molecule has 3 heteroatoms. The first-order valence-electron chi connectivity index (χ1n) is 5.55. The molecule has 0 radical (unpaired) electrons. The molecule has 1 saturated carbocycles. The van der Waals surface area contributed by atoms with Gasteiger partial charge in [-0.25, -0.2) is 0 Å². The Morgan fingerprint density at radius 3 is 2.47 bits per heavy atom. The van der Waals surface area contributed by atoms with Gasteiger partial charge in [-0.05, 0) is 50.7 Å². The van der Waals surface area contributed by atoms with E-state index in [0.717, 1.165) is 25.7 Å². The van der Waals surface area contributed by atoms with Crippen molar-refractivity contribution in [1.29, 1.82) is 0 Å². The second kappa shape index (κ2) is 4.09. The molecule has 1 heterocycles. The van der Waals surface area contributed by atoms with Crippen molar-refractivity contribution in [3.05, 3.63) is 23.5 Å². The van der Waals surface area contributed by atoms with Gasteiger partial charge in [-0.1, -0.05) is 0 Å². The molecule has 0 spiro atoms. The summed E-state index contributed by atoms with van der Waals surface area (Å²) in [5, 5.41) is 8.89. The van der Waals surface area contributed by atoms with Crippen LogP contribution in [0.1, 0.15) is 43.0 Å². The van der Waals surface area contributed by atoms with Gasteiger partial charge >= 0.3 is 5.97 Å². The number of aromatic nitrogens is 1. The third-order valence-electron chi connectivity index (χ3n) is 3.37. The van der Waals surface area contributed by atoms with E-state index in [2.05, 4.69) is 17.1 Å². The molecule has 0 aliphatic heterocycles. The van der Waals surface area contributed by atoms with E-state index in [-0.39, 0.29) is 5.92 Å². The number of H-pyrrole nitrogens is 1. The lowest BCUT2D eigenvalue weighted by Crippen LogP contribution is -2.20. The van der Waals surface area contributed by atoms with Crippen LogP contribution in [0.15, 0.2) is 12.1 Å². The lowest BCUT2D eigenvalue weighted by Gasteiger charge is -2.25. The summed E-state index contributed by atoms with van der Waals surface area (Å²) in [5.41, 5.74) is 2.46. The highest BCUT2D eigenvalue weighted by Crippen LogP contribution is 2.35. The summed E-state index contributed by atoms with van der Waals surface area (Å²) in [7, 11) is 0. The Hall–Kier alpha value is -1.25. The molecule has 0 atom stereocenters. The first kappa shape index (κ1) is 10.3. The summed E-state index contributed by atoms with van der Waals surface area (Å²) in [6.07, 6.45) is 3.63. The molecule has 2 rings (SSSR count). The van der Waals surface area contributed by atoms with Crippen LogP contribution in [-0.2, 0) is 4.79 Å². The van der Waals surface area contributed by atoms with E-state index < -0.39 is 5.97 Å². The van der Waals surface area contributed by atoms with Gasteiger partial charge in [0.05, 0.1) is 5.92 Å². The van der Waals surface area contributed by atoms with Crippen molar-refractivity contribution in [1.82, 2.24) is 4.98 Å². The fourth-order valence-corrected chi connectivity index (χ4v) is 2.42. The quantitative estimate of drug-likeness (QED) is 0.783. The van der Waals surface area contributed by atoms with Crippen LogP contribution in [-0.4, -0.2) is 16.1 Å². The number of rotatable bonds is 2. The maximum atomic E-state index is 10.8. The zero-order valence-electron chi connectivity index (χ0n) is 8.99. The summed E-state index contributed by atoms with van der Waals surface area (Å²) in [6, 6.07) is 4.21. The first-order chi connectivity index (χ1) is 7.16. The molecule has 1 aromatic rings. The lowest BCUT2D eigenvalue weighted by molar-refractivity contribution is -0.142. The molecule has 1 aliphatic rings. The van der Waals surface area contributed by atoms with E-state index in [1.807, 2.05) is 6.92 Å². The summed E-state index contributed by atoms with van der Waals surface area (Å²) in [4.78, 5) is 14.1. The number of hydrogen-bond acceptors (Lipinski definition) is 1. The number of carbonyl (C=O) groups is 1. The first-order valence-corrected chi connectivity index (χ1v) is 5.55. The van der Waals surface area contributed by atoms with Crippen molar-refractivity contribution < 1.29 is 9.90 Å². The van der Waals surface area contributed by atoms with Crippen LogP contribution in [0.5, 0.6) is 0 Å². The normalized spacial score (nSPS) is 26.5. The molecular formula is C12H17NO2. The van der Waals surface area contributed by atoms with Gasteiger partial charge in [0, 0.05) is 11.4 Å². The van der Waals surface area contributed by atoms with Crippen LogP contribution in [0, 0.1) is 12.8 Å². The summed E-state index contributed by atoms with van der Waals surface area (Å²) < 4.78 is 0. The molecule has 3 nitrogen and oxygen atoms in total. The van der Waals surface area contributed by atoms with Gasteiger partial charge in [0.15, 0.2) is 0 Å². The summed E-state index contributed by atoms with van der Waals surface area (Å²) in [6.45, 7) is 2.05. The van der Waals surface area contributed by atoms with Crippen molar-refractivity contribution >= 4 is 5.97 Å². The third-order valence-corrected chi connectivity index (χ3v) is 3.37. The highest BCUT2D eigenvalue weighted by atomic mass is 16.4. The Morgan fingerprint density at radius 2 is 2.00 bits per heavy atom. The van der Waals surface area contributed by atoms with Gasteiger partial charge in [0.1, 0.15) is 0 Å². The molecular weight excluding hydrogens is 190 g/mol. The number of carboxylic acids is 1. The molecule has 1 aromatic heterocycles. The van der Waals surface area contributed by atoms with Crippen LogP contribution in [0.25, 0.3) is 0 Å². The standard InChI is InChI=1S/C12H17NO2/c1-8-2-7-11(13-8)9-3-5-10(6-4-9)12(14)15/h2,7,9-10,13H,3-6H2,1H3,(H,14,15). The fraction of sp³-hybridized carbons (Fsp3) is 0.583. The molecule has 0 amide bonds. The summed E-state index contributed by atoms with van der Waals surface area (Å²) >= 11 is 0. The Labute approximate surface area is 89.5 Å². The highest BCUT2D eigenvalue weighted by molar-refractivity contribution is 5.70. The zero-order valence-corrected chi connectivity index (χ0v) is 8.99. The van der Waals surface area contributed by atoms with Crippen LogP contribution in [0.2, 0.25) is 0 Å². The van der Waals surface area contributed by atoms with E-state index in [4.69, 9.17) is 5.11 Å². The van der Waals surface area contributed by atoms with E-state index >= 15 is 0 Å². The number of aryl methyl sites for hydroxylation is 1. The van der Waals surface area contributed by atoms with Crippen molar-refractivity contribution in [2.24, 2.45) is 5.92 Å². The van der Waals surface area contributed by atoms with Gasteiger partial charge in [-0.15, -0.1) is 0 Å². The van der Waals surface area contributed by atoms with E-state index in [0.29, 0.717) is 5.92 Å². The molecule has 0 saturated heterocycles. The highest BCUT2D eigenvalue weighted by Gasteiger charge is 2.27. The van der Waals surface area contributed by atoms with E-state index in [1.54, 1.807) is 0 Å². The Morgan fingerprint density at radius 1 is 1.33 bits per heavy atom. The summed E-state index contributed by atoms with van der Waals surface area (Å²) in [5.74, 6) is -0.206. The fourth-order valence-electron chi connectivity index (χ4n) is 2.42. The monoisotopic (exact) mass is 207 g/mol. The van der Waals surface area contributed by atoms with Gasteiger partial charge in [-0.2, -0.15) is 0 Å². The smallest absolute Gasteiger partial charge is 0.306 e. The maximum Gasteiger partial charge on any atom is 0.306 e. The predicted molar refractivity (Wildman–Crippen MR) is 57.9 cm³/mol. The number of aliphatic carboxylic acids is 1. The largest absolute Gasteiger partial charge is 0.481 e. The minimum Gasteiger partial charge on any atom is -0.481 e. The number of nitrogens with one attached hydrogen (secondary N) is 1. The zero-order chi connectivity index (χ0) is 10.8. The average molecular weight is 207 g/mol. The third kappa shape index (κ3) is 2.22. The van der Waals surface area contributed by atoms with Crippen LogP contribution in [0.3, 0.4) is 0 Å². The van der Waals surface area contributed by atoms with Gasteiger partial charge in [0.2, 0.25) is 0 Å². The molecule has 0 unspecified atom stereocenters. The Bertz CT molecular complexity index is 348. The van der Waals surface area contributed by atoms with Crippen molar-refractivity contribution in [2.75, 3.05) is 0 Å². The second-order valence-corrected chi connectivity index (χ2v) is 4.48. The topological polar surface area (TPSA) is 53.1 Å². The molecule has 15 heavy (non-hydrogen) atoms. The molecule has 0 bridgehead atoms. The van der Waals surface area contributed by atoms with Crippen molar-refractivity contribution in [3.63, 3.8) is 0 Å². The molecule has 0 aromatic carbocycles. The minimum absolute atomic E-state index is 0.114. The molecule has 82 valence electrons. The Kier molecular flexibility index (Phi) is 2.80. The SMILES string of the molecule is Cc1ccc(C2CCC(C(=O)O)CC2)[nH]1. The maximum absolute atomic E-state index is 10.8. The lowest BCUT2D eigenvalue weighted by atomic mass is 9.81. The van der Waals surface area contributed by atoms with E-state index in [1.165, 1.54) is 11.4 Å². The Balaban J connectivity index is 1.96. The van der Waals surface area contributed by atoms with Crippen molar-refractivity contribution in [2.45, 2.75) is 38.5 Å². The van der Waals surface area contributed by atoms with Crippen LogP contribution >= 0.6 is 0 Å². The van der Waals surface area contributed by atoms with Gasteiger partial charge in [0.25, 0.3) is 0 Å². The van der Waals surface area contributed by atoms with Gasteiger partial charge in [-0.3, -0.25) is 4.79 Å². The van der Waals surface area contributed by atoms with Gasteiger partial charge < -0.3 is 10.1 Å². The van der Waals surface area contributed by atoms with E-state index in [9.17, 15) is 4.79 Å². The molecule has 1 aliphatic carbocycles. The number of carboxylic acid groups (broad SMARTS) is 1. The average Bonchev–Trinajstić information content (AvgIpc) is 2.65. The van der Waals surface area contributed by atoms with Crippen LogP contribution in [0.4, 0.5) is 0 Å². The minimum atomic E-state index is -0.629. The van der Waals surface area contributed by atoms with Crippen molar-refractivity contribution in [3.8, 4) is 0 Å². The number of aromatic amines is 1. The molecule has 2 N–H and O–H groups in total. The number of hydrogen-bond donors (Lipinski definition) is 2.